The lowest BCUT2D eigenvalue weighted by Crippen LogP contribution is -2.43. The van der Waals surface area contributed by atoms with E-state index in [2.05, 4.69) is 15.9 Å². The van der Waals surface area contributed by atoms with Gasteiger partial charge in [0, 0.05) is 19.6 Å². The van der Waals surface area contributed by atoms with Crippen LogP contribution in [-0.4, -0.2) is 39.4 Å². The number of nitrogens with one attached hydrogen (secondary N) is 3. The molecule has 4 rings (SSSR count). The number of phenols is 1. The standard InChI is InChI=1S/C19H21N5O4/c1-28-14-5-2-4-12(8-14)9-23-10-13(21-22-23)11-24-18(26)15-6-3-7-16(25)17(15)20-19(24)27/h2-8,13,21-22,25H,9-11H2,1H3,(H,20,27). The molecule has 2 aromatic carbocycles. The monoisotopic (exact) mass is 383 g/mol. The highest BCUT2D eigenvalue weighted by molar-refractivity contribution is 5.82. The SMILES string of the molecule is COc1cccc(CN2CC(Cn3c(=O)[nH]c4c(O)cccc4c3=O)NN2)c1. The molecule has 0 bridgehead atoms. The molecule has 0 radical (unpaired) electrons. The molecule has 1 saturated heterocycles. The van der Waals surface area contributed by atoms with Crippen LogP contribution in [0.3, 0.4) is 0 Å². The van der Waals surface area contributed by atoms with Gasteiger partial charge in [0.15, 0.2) is 0 Å². The van der Waals surface area contributed by atoms with E-state index in [1.165, 1.54) is 6.07 Å². The van der Waals surface area contributed by atoms with Crippen LogP contribution in [0.15, 0.2) is 52.1 Å². The van der Waals surface area contributed by atoms with Gasteiger partial charge in [0.1, 0.15) is 11.5 Å². The van der Waals surface area contributed by atoms with Gasteiger partial charge in [0.05, 0.1) is 24.1 Å². The number of benzene rings is 2. The topological polar surface area (TPSA) is 112 Å². The first-order valence-corrected chi connectivity index (χ1v) is 8.89. The van der Waals surface area contributed by atoms with Crippen LogP contribution in [0.4, 0.5) is 0 Å². The highest BCUT2D eigenvalue weighted by Gasteiger charge is 2.23. The van der Waals surface area contributed by atoms with Crippen molar-refractivity contribution >= 4 is 10.9 Å². The largest absolute Gasteiger partial charge is 0.506 e. The lowest BCUT2D eigenvalue weighted by atomic mass is 10.2. The van der Waals surface area contributed by atoms with Crippen molar-refractivity contribution in [3.05, 3.63) is 68.9 Å². The van der Waals surface area contributed by atoms with Crippen LogP contribution in [-0.2, 0) is 13.1 Å². The highest BCUT2D eigenvalue weighted by Crippen LogP contribution is 2.18. The minimum Gasteiger partial charge on any atom is -0.506 e. The number of nitrogens with zero attached hydrogens (tertiary/aromatic N) is 2. The first kappa shape index (κ1) is 18.2. The number of aromatic amines is 1. The van der Waals surface area contributed by atoms with Crippen molar-refractivity contribution < 1.29 is 9.84 Å². The van der Waals surface area contributed by atoms with Gasteiger partial charge in [0.2, 0.25) is 0 Å². The van der Waals surface area contributed by atoms with Crippen LogP contribution in [0.1, 0.15) is 5.56 Å². The van der Waals surface area contributed by atoms with E-state index >= 15 is 0 Å². The summed E-state index contributed by atoms with van der Waals surface area (Å²) >= 11 is 0. The summed E-state index contributed by atoms with van der Waals surface area (Å²) < 4.78 is 6.39. The van der Waals surface area contributed by atoms with Crippen molar-refractivity contribution in [1.82, 2.24) is 25.5 Å². The molecule has 1 fully saturated rings. The third-order valence-corrected chi connectivity index (χ3v) is 4.77. The van der Waals surface area contributed by atoms with Crippen LogP contribution in [0, 0.1) is 0 Å². The van der Waals surface area contributed by atoms with Gasteiger partial charge in [-0.15, -0.1) is 0 Å². The number of fused-ring (bicyclic) bond motifs is 1. The fraction of sp³-hybridized carbons (Fsp3) is 0.263. The number of ether oxygens (including phenoxy) is 1. The number of hydrazine groups is 2. The summed E-state index contributed by atoms with van der Waals surface area (Å²) in [5.74, 6) is 0.669. The van der Waals surface area contributed by atoms with E-state index in [1.54, 1.807) is 19.2 Å². The Morgan fingerprint density at radius 1 is 1.21 bits per heavy atom. The first-order chi connectivity index (χ1) is 13.5. The molecule has 1 aromatic heterocycles. The average Bonchev–Trinajstić information content (AvgIpc) is 3.13. The second kappa shape index (κ2) is 7.47. The maximum absolute atomic E-state index is 12.7. The van der Waals surface area contributed by atoms with Crippen LogP contribution in [0.2, 0.25) is 0 Å². The van der Waals surface area contributed by atoms with Gasteiger partial charge in [-0.05, 0) is 29.8 Å². The number of para-hydroxylation sites is 1. The van der Waals surface area contributed by atoms with Crippen LogP contribution in [0.5, 0.6) is 11.5 Å². The molecule has 0 spiro atoms. The lowest BCUT2D eigenvalue weighted by Gasteiger charge is -2.15. The van der Waals surface area contributed by atoms with E-state index in [-0.39, 0.29) is 29.2 Å². The number of hydrogen-bond acceptors (Lipinski definition) is 7. The Balaban J connectivity index is 1.50. The molecule has 1 aliphatic heterocycles. The van der Waals surface area contributed by atoms with Crippen molar-refractivity contribution in [2.75, 3.05) is 13.7 Å². The lowest BCUT2D eigenvalue weighted by molar-refractivity contribution is 0.223. The predicted octanol–water partition coefficient (Wildman–Crippen LogP) is 0.298. The maximum atomic E-state index is 12.7. The highest BCUT2D eigenvalue weighted by atomic mass is 16.5. The average molecular weight is 383 g/mol. The molecule has 146 valence electrons. The van der Waals surface area contributed by atoms with Crippen LogP contribution < -0.4 is 26.9 Å². The van der Waals surface area contributed by atoms with Gasteiger partial charge in [0.25, 0.3) is 5.56 Å². The maximum Gasteiger partial charge on any atom is 0.328 e. The summed E-state index contributed by atoms with van der Waals surface area (Å²) in [7, 11) is 1.63. The van der Waals surface area contributed by atoms with E-state index < -0.39 is 11.2 Å². The van der Waals surface area contributed by atoms with Gasteiger partial charge in [-0.1, -0.05) is 18.2 Å². The smallest absolute Gasteiger partial charge is 0.328 e. The number of H-pyrrole nitrogens is 1. The molecule has 4 N–H and O–H groups in total. The zero-order valence-electron chi connectivity index (χ0n) is 15.3. The number of rotatable bonds is 5. The van der Waals surface area contributed by atoms with E-state index in [0.717, 1.165) is 15.9 Å². The molecule has 3 aromatic rings. The van der Waals surface area contributed by atoms with Crippen molar-refractivity contribution in [3.8, 4) is 11.5 Å². The Kier molecular flexibility index (Phi) is 4.86. The van der Waals surface area contributed by atoms with Crippen molar-refractivity contribution in [2.45, 2.75) is 19.1 Å². The second-order valence-corrected chi connectivity index (χ2v) is 6.73. The van der Waals surface area contributed by atoms with Crippen molar-refractivity contribution in [2.24, 2.45) is 0 Å². The van der Waals surface area contributed by atoms with E-state index in [4.69, 9.17) is 4.74 Å². The van der Waals surface area contributed by atoms with Gasteiger partial charge < -0.3 is 14.8 Å². The number of phenolic OH excluding ortho intramolecular Hbond substituents is 1. The predicted molar refractivity (Wildman–Crippen MR) is 104 cm³/mol. The molecule has 1 aliphatic rings. The number of hydrogen-bond donors (Lipinski definition) is 4. The summed E-state index contributed by atoms with van der Waals surface area (Å²) in [5.41, 5.74) is 6.43. The molecule has 9 heteroatoms. The second-order valence-electron chi connectivity index (χ2n) is 6.73. The fourth-order valence-electron chi connectivity index (χ4n) is 3.39. The molecular formula is C19H21N5O4. The van der Waals surface area contributed by atoms with Crippen LogP contribution >= 0.6 is 0 Å². The summed E-state index contributed by atoms with van der Waals surface area (Å²) in [4.78, 5) is 27.6. The van der Waals surface area contributed by atoms with Gasteiger partial charge in [-0.25, -0.2) is 15.2 Å². The molecule has 0 aliphatic carbocycles. The fourth-order valence-corrected chi connectivity index (χ4v) is 3.39. The van der Waals surface area contributed by atoms with Gasteiger partial charge >= 0.3 is 5.69 Å². The summed E-state index contributed by atoms with van der Waals surface area (Å²) in [6.45, 7) is 1.43. The molecule has 0 saturated carbocycles. The molecule has 2 heterocycles. The number of methoxy groups -OCH3 is 1. The normalized spacial score (nSPS) is 17.2. The third kappa shape index (κ3) is 3.50. The summed E-state index contributed by atoms with van der Waals surface area (Å²) in [5, 5.41) is 12.1. The zero-order chi connectivity index (χ0) is 19.7. The quantitative estimate of drug-likeness (QED) is 0.501. The minimum absolute atomic E-state index is 0.121. The van der Waals surface area contributed by atoms with E-state index in [9.17, 15) is 14.7 Å². The Morgan fingerprint density at radius 2 is 2.04 bits per heavy atom. The van der Waals surface area contributed by atoms with E-state index in [1.807, 2.05) is 29.3 Å². The zero-order valence-corrected chi connectivity index (χ0v) is 15.3. The number of aromatic hydroxyl groups is 1. The van der Waals surface area contributed by atoms with Gasteiger partial charge in [-0.3, -0.25) is 9.36 Å². The third-order valence-electron chi connectivity index (χ3n) is 4.77. The van der Waals surface area contributed by atoms with Crippen LogP contribution in [0.25, 0.3) is 10.9 Å². The van der Waals surface area contributed by atoms with Crippen molar-refractivity contribution in [1.29, 1.82) is 0 Å². The molecule has 0 amide bonds. The molecule has 9 nitrogen and oxygen atoms in total. The molecule has 28 heavy (non-hydrogen) atoms. The van der Waals surface area contributed by atoms with Crippen molar-refractivity contribution in [3.63, 3.8) is 0 Å². The number of aromatic nitrogens is 2. The summed E-state index contributed by atoms with van der Waals surface area (Å²) in [6.07, 6.45) is 0. The Bertz CT molecular complexity index is 1120. The Labute approximate surface area is 160 Å². The first-order valence-electron chi connectivity index (χ1n) is 8.89. The molecule has 1 atom stereocenters. The molecular weight excluding hydrogens is 362 g/mol. The Morgan fingerprint density at radius 3 is 2.86 bits per heavy atom. The Hall–Kier alpha value is -3.14. The minimum atomic E-state index is -0.549. The van der Waals surface area contributed by atoms with E-state index in [0.29, 0.717) is 13.1 Å². The summed E-state index contributed by atoms with van der Waals surface area (Å²) in [6, 6.07) is 12.2. The van der Waals surface area contributed by atoms with Gasteiger partial charge in [-0.2, -0.15) is 5.53 Å². The molecule has 1 unspecified atom stereocenters.